The van der Waals surface area contributed by atoms with Crippen LogP contribution in [0.3, 0.4) is 0 Å². The molecule has 13 heteroatoms. The molecule has 2 unspecified atom stereocenters. The van der Waals surface area contributed by atoms with Crippen LogP contribution in [-0.4, -0.2) is 68.3 Å². The van der Waals surface area contributed by atoms with Gasteiger partial charge in [-0.05, 0) is 55.7 Å². The Kier molecular flexibility index (Phi) is 7.57. The van der Waals surface area contributed by atoms with Gasteiger partial charge >= 0.3 is 0 Å². The number of hydrogen-bond donors (Lipinski definition) is 1. The van der Waals surface area contributed by atoms with E-state index in [-0.39, 0.29) is 41.4 Å². The second-order valence-corrected chi connectivity index (χ2v) is 11.8. The molecule has 4 aromatic rings. The fourth-order valence-corrected chi connectivity index (χ4v) is 6.47. The number of aryl methyl sites for hydroxylation is 1. The van der Waals surface area contributed by atoms with Gasteiger partial charge in [-0.15, -0.1) is 0 Å². The van der Waals surface area contributed by atoms with E-state index in [2.05, 4.69) is 16.5 Å². The van der Waals surface area contributed by atoms with Gasteiger partial charge in [0.1, 0.15) is 29.0 Å². The quantitative estimate of drug-likeness (QED) is 0.250. The van der Waals surface area contributed by atoms with E-state index in [0.717, 1.165) is 22.8 Å². The first-order valence-corrected chi connectivity index (χ1v) is 14.7. The van der Waals surface area contributed by atoms with Crippen LogP contribution in [0.25, 0.3) is 28.0 Å². The third-order valence-electron chi connectivity index (χ3n) is 8.63. The molecule has 0 spiro atoms. The number of carbonyl (C=O) groups excluding carboxylic acids is 2. The lowest BCUT2D eigenvalue weighted by molar-refractivity contribution is -0.130. The molecular weight excluding hydrogens is 601 g/mol. The molecule has 2 aliphatic heterocycles. The Morgan fingerprint density at radius 3 is 2.52 bits per heavy atom. The number of fused-ring (bicyclic) bond motifs is 5. The van der Waals surface area contributed by atoms with Gasteiger partial charge in [0, 0.05) is 24.2 Å². The number of pyridine rings is 3. The molecule has 0 radical (unpaired) electrons. The van der Waals surface area contributed by atoms with Gasteiger partial charge in [0.15, 0.2) is 18.3 Å². The summed E-state index contributed by atoms with van der Waals surface area (Å²) in [4.78, 5) is 53.9. The largest absolute Gasteiger partial charge is 0.507 e. The second kappa shape index (κ2) is 11.3. The van der Waals surface area contributed by atoms with E-state index in [1.165, 1.54) is 17.0 Å². The highest BCUT2D eigenvalue weighted by atomic mass is 19.1. The van der Waals surface area contributed by atoms with Crippen molar-refractivity contribution in [1.82, 2.24) is 19.4 Å². The Bertz CT molecular complexity index is 1990. The lowest BCUT2D eigenvalue weighted by Gasteiger charge is -2.50. The van der Waals surface area contributed by atoms with E-state index in [0.29, 0.717) is 21.8 Å². The third kappa shape index (κ3) is 4.52. The number of phenols is 1. The van der Waals surface area contributed by atoms with E-state index in [1.54, 1.807) is 31.0 Å². The Morgan fingerprint density at radius 2 is 1.87 bits per heavy atom. The maximum Gasteiger partial charge on any atom is 0.283 e. The Balaban J connectivity index is 1.78. The summed E-state index contributed by atoms with van der Waals surface area (Å²) in [6.07, 6.45) is 2.69. The molecule has 0 saturated carbocycles. The van der Waals surface area contributed by atoms with Gasteiger partial charge in [-0.1, -0.05) is 26.5 Å². The van der Waals surface area contributed by atoms with Crippen LogP contribution in [0.1, 0.15) is 37.9 Å². The van der Waals surface area contributed by atoms with E-state index in [1.807, 2.05) is 13.8 Å². The standard InChI is InChI=1S/C33H31F3N6O4/c1-6-24(44)39-14-22-32(45)41(15-34)30-29(40(22)13-18(39)5)19-12-21(36)27(25-20(35)8-7-9-23(25)43)38-31(19)42(33(30)46)28-17(4)10-11-37-26(28)16(2)3/h6-12,16,18,22,43H,1,13-15H2,2-5H3. The van der Waals surface area contributed by atoms with Crippen LogP contribution in [0.2, 0.25) is 0 Å². The number of aromatic nitrogens is 3. The molecular formula is C33H31F3N6O4. The molecule has 3 aromatic heterocycles. The highest BCUT2D eigenvalue weighted by Crippen LogP contribution is 2.44. The zero-order chi connectivity index (χ0) is 33.2. The molecule has 2 aliphatic rings. The van der Waals surface area contributed by atoms with Crippen molar-refractivity contribution in [2.75, 3.05) is 29.7 Å². The molecule has 0 bridgehead atoms. The summed E-state index contributed by atoms with van der Waals surface area (Å²) in [5, 5.41) is 10.6. The van der Waals surface area contributed by atoms with Gasteiger partial charge in [-0.2, -0.15) is 0 Å². The predicted octanol–water partition coefficient (Wildman–Crippen LogP) is 4.73. The number of phenolic OH excluding ortho intramolecular Hbond substituents is 1. The smallest absolute Gasteiger partial charge is 0.283 e. The lowest BCUT2D eigenvalue weighted by atomic mass is 9.97. The van der Waals surface area contributed by atoms with E-state index < -0.39 is 64.9 Å². The number of rotatable bonds is 5. The number of piperazine rings is 1. The van der Waals surface area contributed by atoms with Crippen LogP contribution < -0.4 is 15.4 Å². The molecule has 10 nitrogen and oxygen atoms in total. The predicted molar refractivity (Wildman–Crippen MR) is 167 cm³/mol. The summed E-state index contributed by atoms with van der Waals surface area (Å²) in [6.45, 7) is 9.27. The molecule has 238 valence electrons. The number of carbonyl (C=O) groups is 2. The topological polar surface area (TPSA) is 112 Å². The van der Waals surface area contributed by atoms with Crippen LogP contribution >= 0.6 is 0 Å². The van der Waals surface area contributed by atoms with E-state index >= 15 is 8.78 Å². The van der Waals surface area contributed by atoms with Gasteiger partial charge in [0.2, 0.25) is 5.91 Å². The first-order valence-electron chi connectivity index (χ1n) is 14.7. The number of amides is 2. The molecule has 1 fully saturated rings. The Labute approximate surface area is 262 Å². The summed E-state index contributed by atoms with van der Waals surface area (Å²) in [5.41, 5.74) is -0.927. The van der Waals surface area contributed by atoms with Crippen molar-refractivity contribution >= 4 is 34.2 Å². The van der Waals surface area contributed by atoms with Crippen molar-refractivity contribution in [3.8, 4) is 22.7 Å². The molecule has 2 atom stereocenters. The molecule has 1 N–H and O–H groups in total. The number of halogens is 3. The molecule has 2 amide bonds. The summed E-state index contributed by atoms with van der Waals surface area (Å²) in [7, 11) is 0. The number of alkyl halides is 1. The van der Waals surface area contributed by atoms with Gasteiger partial charge in [0.05, 0.1) is 29.2 Å². The van der Waals surface area contributed by atoms with Crippen molar-refractivity contribution in [3.05, 3.63) is 82.4 Å². The maximum atomic E-state index is 16.1. The van der Waals surface area contributed by atoms with E-state index in [9.17, 15) is 23.9 Å². The average Bonchev–Trinajstić information content (AvgIpc) is 3.01. The fraction of sp³-hybridized carbons (Fsp3) is 0.303. The summed E-state index contributed by atoms with van der Waals surface area (Å²) >= 11 is 0. The minimum Gasteiger partial charge on any atom is -0.507 e. The van der Waals surface area contributed by atoms with Crippen molar-refractivity contribution < 1.29 is 27.9 Å². The Morgan fingerprint density at radius 1 is 1.13 bits per heavy atom. The molecule has 1 aromatic carbocycles. The minimum absolute atomic E-state index is 0.0382. The van der Waals surface area contributed by atoms with Gasteiger partial charge in [0.25, 0.3) is 11.5 Å². The highest BCUT2D eigenvalue weighted by Gasteiger charge is 2.47. The van der Waals surface area contributed by atoms with Gasteiger partial charge in [-0.25, -0.2) is 18.2 Å². The zero-order valence-electron chi connectivity index (χ0n) is 25.6. The fourth-order valence-electron chi connectivity index (χ4n) is 6.47. The van der Waals surface area contributed by atoms with Crippen molar-refractivity contribution in [1.29, 1.82) is 0 Å². The number of anilines is 2. The van der Waals surface area contributed by atoms with Gasteiger partial charge in [-0.3, -0.25) is 28.8 Å². The summed E-state index contributed by atoms with van der Waals surface area (Å²) < 4.78 is 47.3. The highest BCUT2D eigenvalue weighted by molar-refractivity contribution is 6.12. The minimum atomic E-state index is -1.37. The van der Waals surface area contributed by atoms with Crippen LogP contribution in [0.4, 0.5) is 24.5 Å². The van der Waals surface area contributed by atoms with Crippen LogP contribution in [0.15, 0.2) is 54.0 Å². The first-order chi connectivity index (χ1) is 21.9. The number of aromatic hydroxyl groups is 1. The molecule has 5 heterocycles. The van der Waals surface area contributed by atoms with Gasteiger partial charge < -0.3 is 14.9 Å². The monoisotopic (exact) mass is 632 g/mol. The van der Waals surface area contributed by atoms with Crippen molar-refractivity contribution in [3.63, 3.8) is 0 Å². The molecule has 46 heavy (non-hydrogen) atoms. The number of benzene rings is 1. The summed E-state index contributed by atoms with van der Waals surface area (Å²) in [5.74, 6) is -3.93. The van der Waals surface area contributed by atoms with Crippen LogP contribution in [-0.2, 0) is 9.59 Å². The summed E-state index contributed by atoms with van der Waals surface area (Å²) in [6, 6.07) is 4.62. The number of hydrogen-bond acceptors (Lipinski definition) is 7. The third-order valence-corrected chi connectivity index (χ3v) is 8.63. The average molecular weight is 633 g/mol. The van der Waals surface area contributed by atoms with Crippen molar-refractivity contribution in [2.24, 2.45) is 0 Å². The van der Waals surface area contributed by atoms with Crippen LogP contribution in [0.5, 0.6) is 5.75 Å². The lowest BCUT2D eigenvalue weighted by Crippen LogP contribution is -2.66. The second-order valence-electron chi connectivity index (χ2n) is 11.8. The van der Waals surface area contributed by atoms with Crippen molar-refractivity contribution in [2.45, 2.75) is 45.7 Å². The molecule has 6 rings (SSSR count). The molecule has 1 saturated heterocycles. The maximum absolute atomic E-state index is 16.1. The zero-order valence-corrected chi connectivity index (χ0v) is 25.6. The SMILES string of the molecule is C=CC(=O)N1CC2C(=O)N(CF)c3c(c4cc(F)c(-c5c(O)cccc5F)nc4n(-c4c(C)ccnc4C(C)C)c3=O)N2CC1C. The van der Waals surface area contributed by atoms with Crippen LogP contribution in [0, 0.1) is 18.6 Å². The Hall–Kier alpha value is -5.20. The van der Waals surface area contributed by atoms with E-state index in [4.69, 9.17) is 0 Å². The molecule has 0 aliphatic carbocycles. The number of nitrogens with zero attached hydrogens (tertiary/aromatic N) is 6. The normalized spacial score (nSPS) is 17.8. The first kappa shape index (κ1) is 30.8.